The summed E-state index contributed by atoms with van der Waals surface area (Å²) in [5.74, 6) is -0.312. The van der Waals surface area contributed by atoms with Crippen molar-refractivity contribution in [2.75, 3.05) is 19.6 Å². The number of aromatic nitrogens is 1. The smallest absolute Gasteiger partial charge is 0.263 e. The van der Waals surface area contributed by atoms with E-state index in [9.17, 15) is 9.18 Å². The molecule has 1 N–H and O–H groups in total. The van der Waals surface area contributed by atoms with Crippen molar-refractivity contribution in [1.29, 1.82) is 0 Å². The predicted octanol–water partition coefficient (Wildman–Crippen LogP) is 3.86. The summed E-state index contributed by atoms with van der Waals surface area (Å²) in [6.45, 7) is 6.30. The minimum Gasteiger partial charge on any atom is -0.349 e. The van der Waals surface area contributed by atoms with Crippen LogP contribution in [0.2, 0.25) is 0 Å². The van der Waals surface area contributed by atoms with E-state index < -0.39 is 0 Å². The van der Waals surface area contributed by atoms with Gasteiger partial charge >= 0.3 is 0 Å². The molecule has 1 aliphatic heterocycles. The summed E-state index contributed by atoms with van der Waals surface area (Å²) in [6.07, 6.45) is 3.58. The van der Waals surface area contributed by atoms with E-state index in [1.54, 1.807) is 0 Å². The minimum atomic E-state index is -0.235. The lowest BCUT2D eigenvalue weighted by atomic mass is 10.0. The quantitative estimate of drug-likeness (QED) is 0.880. The molecule has 1 fully saturated rings. The molecule has 1 aromatic carbocycles. The molecule has 2 heterocycles. The summed E-state index contributed by atoms with van der Waals surface area (Å²) in [7, 11) is 0. The monoisotopic (exact) mass is 361 g/mol. The summed E-state index contributed by atoms with van der Waals surface area (Å²) in [6, 6.07) is 6.69. The molecular weight excluding hydrogens is 337 g/mol. The van der Waals surface area contributed by atoms with E-state index in [2.05, 4.69) is 15.2 Å². The molecule has 0 saturated carbocycles. The fraction of sp³-hybridized carbons (Fsp3) is 0.474. The Morgan fingerprint density at radius 1 is 1.24 bits per heavy atom. The number of carbonyl (C=O) groups is 1. The highest BCUT2D eigenvalue weighted by atomic mass is 32.1. The number of carbonyl (C=O) groups excluding carboxylic acids is 1. The molecule has 1 unspecified atom stereocenters. The van der Waals surface area contributed by atoms with E-state index in [0.717, 1.165) is 29.4 Å². The van der Waals surface area contributed by atoms with Crippen LogP contribution in [0, 0.1) is 19.7 Å². The Kier molecular flexibility index (Phi) is 5.81. The maximum absolute atomic E-state index is 13.3. The van der Waals surface area contributed by atoms with Gasteiger partial charge in [0, 0.05) is 6.54 Å². The van der Waals surface area contributed by atoms with Crippen molar-refractivity contribution in [2.24, 2.45) is 0 Å². The molecular formula is C19H24FN3OS. The summed E-state index contributed by atoms with van der Waals surface area (Å²) in [5.41, 5.74) is 1.82. The number of nitrogens with zero attached hydrogens (tertiary/aromatic N) is 2. The number of nitrogens with one attached hydrogen (secondary N) is 1. The van der Waals surface area contributed by atoms with Crippen LogP contribution in [0.3, 0.4) is 0 Å². The Morgan fingerprint density at radius 2 is 1.92 bits per heavy atom. The van der Waals surface area contributed by atoms with Crippen LogP contribution < -0.4 is 5.32 Å². The number of amides is 1. The second kappa shape index (κ2) is 8.06. The topological polar surface area (TPSA) is 45.2 Å². The third kappa shape index (κ3) is 4.44. The Balaban J connectivity index is 1.74. The molecule has 0 spiro atoms. The normalized spacial score (nSPS) is 16.6. The van der Waals surface area contributed by atoms with Gasteiger partial charge in [-0.3, -0.25) is 9.69 Å². The second-order valence-corrected chi connectivity index (χ2v) is 7.72. The zero-order valence-electron chi connectivity index (χ0n) is 14.7. The number of likely N-dealkylation sites (tertiary alicyclic amines) is 1. The number of rotatable bonds is 5. The first kappa shape index (κ1) is 18.0. The molecule has 6 heteroatoms. The maximum Gasteiger partial charge on any atom is 0.263 e. The van der Waals surface area contributed by atoms with Gasteiger partial charge in [0.1, 0.15) is 10.7 Å². The molecule has 0 radical (unpaired) electrons. The molecule has 134 valence electrons. The van der Waals surface area contributed by atoms with Crippen LogP contribution in [0.5, 0.6) is 0 Å². The van der Waals surface area contributed by atoms with Crippen LogP contribution in [0.15, 0.2) is 24.3 Å². The average molecular weight is 361 g/mol. The van der Waals surface area contributed by atoms with Crippen LogP contribution in [0.1, 0.15) is 51.2 Å². The van der Waals surface area contributed by atoms with Crippen molar-refractivity contribution in [3.63, 3.8) is 0 Å². The summed E-state index contributed by atoms with van der Waals surface area (Å²) >= 11 is 1.42. The van der Waals surface area contributed by atoms with Crippen molar-refractivity contribution in [2.45, 2.75) is 39.2 Å². The van der Waals surface area contributed by atoms with Gasteiger partial charge in [0.25, 0.3) is 5.91 Å². The van der Waals surface area contributed by atoms with Crippen molar-refractivity contribution < 1.29 is 9.18 Å². The van der Waals surface area contributed by atoms with Gasteiger partial charge in [-0.05, 0) is 57.5 Å². The van der Waals surface area contributed by atoms with Crippen molar-refractivity contribution in [3.05, 3.63) is 51.2 Å². The number of thiazole rings is 1. The molecule has 2 aromatic rings. The van der Waals surface area contributed by atoms with Gasteiger partial charge in [0.2, 0.25) is 0 Å². The highest BCUT2D eigenvalue weighted by Crippen LogP contribution is 2.25. The molecule has 25 heavy (non-hydrogen) atoms. The first-order valence-corrected chi connectivity index (χ1v) is 9.58. The zero-order chi connectivity index (χ0) is 17.8. The summed E-state index contributed by atoms with van der Waals surface area (Å²) in [5, 5.41) is 3.96. The molecule has 4 nitrogen and oxygen atoms in total. The molecule has 0 aliphatic carbocycles. The largest absolute Gasteiger partial charge is 0.349 e. The Bertz CT molecular complexity index is 723. The van der Waals surface area contributed by atoms with Crippen LogP contribution in [-0.2, 0) is 0 Å². The van der Waals surface area contributed by atoms with Gasteiger partial charge in [-0.15, -0.1) is 11.3 Å². The highest BCUT2D eigenvalue weighted by Gasteiger charge is 2.24. The third-order valence-corrected chi connectivity index (χ3v) is 5.72. The number of piperidine rings is 1. The standard InChI is InChI=1S/C19H24FN3OS/c1-13-18(25-14(2)22-13)19(24)21-12-17(23-10-4-3-5-11-23)15-6-8-16(20)9-7-15/h6-9,17H,3-5,10-12H2,1-2H3,(H,21,24). The zero-order valence-corrected chi connectivity index (χ0v) is 15.5. The Labute approximate surface area is 152 Å². The predicted molar refractivity (Wildman–Crippen MR) is 98.5 cm³/mol. The van der Waals surface area contributed by atoms with Crippen molar-refractivity contribution >= 4 is 17.2 Å². The van der Waals surface area contributed by atoms with Gasteiger partial charge in [-0.25, -0.2) is 9.37 Å². The Morgan fingerprint density at radius 3 is 2.52 bits per heavy atom. The second-order valence-electron chi connectivity index (χ2n) is 6.52. The van der Waals surface area contributed by atoms with Gasteiger partial charge in [0.15, 0.2) is 0 Å². The molecule has 1 amide bonds. The van der Waals surface area contributed by atoms with Crippen LogP contribution >= 0.6 is 11.3 Å². The fourth-order valence-corrected chi connectivity index (χ4v) is 4.22. The number of hydrogen-bond acceptors (Lipinski definition) is 4. The fourth-order valence-electron chi connectivity index (χ4n) is 3.38. The summed E-state index contributed by atoms with van der Waals surface area (Å²) in [4.78, 5) is 19.9. The number of halogens is 1. The van der Waals surface area contributed by atoms with Crippen molar-refractivity contribution in [1.82, 2.24) is 15.2 Å². The minimum absolute atomic E-state index is 0.0687. The van der Waals surface area contributed by atoms with E-state index >= 15 is 0 Å². The number of benzene rings is 1. The lowest BCUT2D eigenvalue weighted by Gasteiger charge is -2.35. The van der Waals surface area contributed by atoms with E-state index in [4.69, 9.17) is 0 Å². The van der Waals surface area contributed by atoms with E-state index in [0.29, 0.717) is 11.4 Å². The molecule has 1 aliphatic rings. The maximum atomic E-state index is 13.3. The summed E-state index contributed by atoms with van der Waals surface area (Å²) < 4.78 is 13.3. The van der Waals surface area contributed by atoms with E-state index in [1.165, 1.54) is 42.7 Å². The molecule has 3 rings (SSSR count). The SMILES string of the molecule is Cc1nc(C)c(C(=O)NCC(c2ccc(F)cc2)N2CCCCC2)s1. The third-order valence-electron chi connectivity index (χ3n) is 4.65. The van der Waals surface area contributed by atoms with Crippen LogP contribution in [0.25, 0.3) is 0 Å². The molecule has 1 aromatic heterocycles. The lowest BCUT2D eigenvalue weighted by molar-refractivity contribution is 0.0927. The van der Waals surface area contributed by atoms with Gasteiger partial charge in [0.05, 0.1) is 16.7 Å². The number of hydrogen-bond donors (Lipinski definition) is 1. The van der Waals surface area contributed by atoms with Gasteiger partial charge in [-0.2, -0.15) is 0 Å². The lowest BCUT2D eigenvalue weighted by Crippen LogP contribution is -2.40. The first-order chi connectivity index (χ1) is 12.0. The highest BCUT2D eigenvalue weighted by molar-refractivity contribution is 7.13. The Hall–Kier alpha value is -1.79. The van der Waals surface area contributed by atoms with Crippen LogP contribution in [0.4, 0.5) is 4.39 Å². The van der Waals surface area contributed by atoms with E-state index in [1.807, 2.05) is 26.0 Å². The molecule has 1 atom stereocenters. The van der Waals surface area contributed by atoms with Crippen LogP contribution in [-0.4, -0.2) is 35.4 Å². The molecule has 1 saturated heterocycles. The van der Waals surface area contributed by atoms with E-state index in [-0.39, 0.29) is 17.8 Å². The van der Waals surface area contributed by atoms with Crippen molar-refractivity contribution in [3.8, 4) is 0 Å². The average Bonchev–Trinajstić information content (AvgIpc) is 2.96. The first-order valence-electron chi connectivity index (χ1n) is 8.76. The number of aryl methyl sites for hydroxylation is 2. The van der Waals surface area contributed by atoms with Gasteiger partial charge in [-0.1, -0.05) is 18.6 Å². The van der Waals surface area contributed by atoms with Gasteiger partial charge < -0.3 is 5.32 Å². The molecule has 0 bridgehead atoms.